The molecule has 35 heavy (non-hydrogen) atoms. The Bertz CT molecular complexity index is 393. The van der Waals surface area contributed by atoms with Crippen molar-refractivity contribution in [2.45, 2.75) is 0 Å². The third-order valence-electron chi connectivity index (χ3n) is 4.08. The first-order valence-corrected chi connectivity index (χ1v) is 12.4. The molecule has 1 N–H and O–H groups in total. The smallest absolute Gasteiger partial charge is 0.0704 e. The molecule has 0 aliphatic heterocycles. The third kappa shape index (κ3) is 33.3. The van der Waals surface area contributed by atoms with Crippen LogP contribution >= 0.6 is 0 Å². The Morgan fingerprint density at radius 3 is 0.857 bits per heavy atom. The number of rotatable bonds is 32. The zero-order chi connectivity index (χ0) is 25.3. The number of ether oxygens (including phenoxy) is 10. The first-order valence-electron chi connectivity index (χ1n) is 12.4. The van der Waals surface area contributed by atoms with E-state index in [0.29, 0.717) is 132 Å². The van der Waals surface area contributed by atoms with Crippen LogP contribution in [0.3, 0.4) is 0 Å². The molecule has 0 aromatic rings. The van der Waals surface area contributed by atoms with E-state index in [-0.39, 0.29) is 0 Å². The van der Waals surface area contributed by atoms with E-state index in [2.05, 4.69) is 11.9 Å². The van der Waals surface area contributed by atoms with Gasteiger partial charge >= 0.3 is 0 Å². The van der Waals surface area contributed by atoms with Crippen LogP contribution in [-0.4, -0.2) is 146 Å². The molecule has 0 rings (SSSR count). The van der Waals surface area contributed by atoms with Crippen molar-refractivity contribution >= 4 is 0 Å². The molecule has 0 aliphatic rings. The summed E-state index contributed by atoms with van der Waals surface area (Å²) in [6, 6.07) is 0. The highest BCUT2D eigenvalue weighted by atomic mass is 16.6. The fourth-order valence-corrected chi connectivity index (χ4v) is 2.32. The van der Waals surface area contributed by atoms with Gasteiger partial charge in [0.25, 0.3) is 0 Å². The maximum atomic E-state index is 5.45. The van der Waals surface area contributed by atoms with Gasteiger partial charge < -0.3 is 52.7 Å². The maximum Gasteiger partial charge on any atom is 0.0704 e. The van der Waals surface area contributed by atoms with Crippen LogP contribution in [0, 0.1) is 0 Å². The second kappa shape index (κ2) is 33.3. The lowest BCUT2D eigenvalue weighted by molar-refractivity contribution is -0.0260. The number of hydrogen-bond acceptors (Lipinski definition) is 11. The molecule has 0 atom stereocenters. The molecule has 210 valence electrons. The van der Waals surface area contributed by atoms with Gasteiger partial charge in [0.2, 0.25) is 0 Å². The van der Waals surface area contributed by atoms with Gasteiger partial charge in [-0.3, -0.25) is 0 Å². The monoisotopic (exact) mass is 511 g/mol. The maximum absolute atomic E-state index is 5.45. The first kappa shape index (κ1) is 34.3. The second-order valence-electron chi connectivity index (χ2n) is 6.98. The van der Waals surface area contributed by atoms with Crippen LogP contribution in [0.4, 0.5) is 0 Å². The molecule has 11 heteroatoms. The molecule has 0 unspecified atom stereocenters. The molecule has 11 nitrogen and oxygen atoms in total. The van der Waals surface area contributed by atoms with Crippen molar-refractivity contribution in [1.29, 1.82) is 0 Å². The minimum absolute atomic E-state index is 0.525. The molecule has 0 radical (unpaired) electrons. The number of likely N-dealkylation sites (N-methyl/N-ethyl adjacent to an activating group) is 1. The van der Waals surface area contributed by atoms with Gasteiger partial charge in [0, 0.05) is 6.54 Å². The lowest BCUT2D eigenvalue weighted by Gasteiger charge is -2.09. The first-order chi connectivity index (χ1) is 17.4. The lowest BCUT2D eigenvalue weighted by Crippen LogP contribution is -2.17. The van der Waals surface area contributed by atoms with Crippen LogP contribution in [0.25, 0.3) is 0 Å². The third-order valence-corrected chi connectivity index (χ3v) is 4.08. The van der Waals surface area contributed by atoms with Gasteiger partial charge in [-0.15, -0.1) is 6.58 Å². The van der Waals surface area contributed by atoms with Crippen molar-refractivity contribution in [3.8, 4) is 0 Å². The summed E-state index contributed by atoms with van der Waals surface area (Å²) < 4.78 is 53.9. The topological polar surface area (TPSA) is 104 Å². The largest absolute Gasteiger partial charge is 0.378 e. The zero-order valence-corrected chi connectivity index (χ0v) is 21.7. The summed E-state index contributed by atoms with van der Waals surface area (Å²) in [6.45, 7) is 15.5. The summed E-state index contributed by atoms with van der Waals surface area (Å²) in [5, 5.41) is 3.02. The van der Waals surface area contributed by atoms with E-state index >= 15 is 0 Å². The average molecular weight is 512 g/mol. The van der Waals surface area contributed by atoms with Crippen LogP contribution in [0.2, 0.25) is 0 Å². The Morgan fingerprint density at radius 1 is 0.400 bits per heavy atom. The van der Waals surface area contributed by atoms with Crippen molar-refractivity contribution in [2.75, 3.05) is 146 Å². The van der Waals surface area contributed by atoms with Gasteiger partial charge in [0.1, 0.15) is 0 Å². The minimum Gasteiger partial charge on any atom is -0.378 e. The van der Waals surface area contributed by atoms with E-state index in [1.165, 1.54) is 0 Å². The molecule has 0 aromatic carbocycles. The van der Waals surface area contributed by atoms with Gasteiger partial charge in [-0.1, -0.05) is 6.08 Å². The van der Waals surface area contributed by atoms with Crippen molar-refractivity contribution in [2.24, 2.45) is 0 Å². The highest BCUT2D eigenvalue weighted by molar-refractivity contribution is 4.63. The Labute approximate surface area is 211 Å². The Hall–Kier alpha value is -0.700. The van der Waals surface area contributed by atoms with Gasteiger partial charge in [-0.2, -0.15) is 0 Å². The molecule has 0 spiro atoms. The number of nitrogens with one attached hydrogen (secondary N) is 1. The molecule has 0 aliphatic carbocycles. The SMILES string of the molecule is C=CCOCCOCCOCCOCCOCCOCCOCCOCCOCCOCCNC. The summed E-state index contributed by atoms with van der Waals surface area (Å²) >= 11 is 0. The lowest BCUT2D eigenvalue weighted by atomic mass is 10.6. The Morgan fingerprint density at radius 2 is 0.629 bits per heavy atom. The molecule has 0 amide bonds. The summed E-state index contributed by atoms with van der Waals surface area (Å²) in [6.07, 6.45) is 1.71. The second-order valence-corrected chi connectivity index (χ2v) is 6.98. The average Bonchev–Trinajstić information content (AvgIpc) is 2.87. The summed E-state index contributed by atoms with van der Waals surface area (Å²) in [5.74, 6) is 0. The van der Waals surface area contributed by atoms with E-state index in [0.717, 1.165) is 6.54 Å². The van der Waals surface area contributed by atoms with E-state index in [1.54, 1.807) is 6.08 Å². The molecule has 0 saturated carbocycles. The standard InChI is InChI=1S/C24H49NO10/c1-3-5-26-7-9-28-11-13-30-15-17-32-19-21-34-23-24-35-22-20-33-18-16-31-14-12-29-10-8-27-6-4-25-2/h3,25H,1,4-24H2,2H3. The molecule has 0 heterocycles. The quantitative estimate of drug-likeness (QED) is 0.101. The van der Waals surface area contributed by atoms with Gasteiger partial charge in [-0.05, 0) is 7.05 Å². The van der Waals surface area contributed by atoms with Crippen molar-refractivity contribution < 1.29 is 47.4 Å². The van der Waals surface area contributed by atoms with Crippen LogP contribution in [-0.2, 0) is 47.4 Å². The highest BCUT2D eigenvalue weighted by Crippen LogP contribution is 1.86. The minimum atomic E-state index is 0.525. The molecule has 0 aromatic heterocycles. The molecular weight excluding hydrogens is 462 g/mol. The summed E-state index contributed by atoms with van der Waals surface area (Å²) in [7, 11) is 1.90. The van der Waals surface area contributed by atoms with Gasteiger partial charge in [0.05, 0.1) is 132 Å². The van der Waals surface area contributed by atoms with Crippen LogP contribution < -0.4 is 5.32 Å². The molecular formula is C24H49NO10. The van der Waals surface area contributed by atoms with Crippen molar-refractivity contribution in [3.05, 3.63) is 12.7 Å². The van der Waals surface area contributed by atoms with Gasteiger partial charge in [-0.25, -0.2) is 0 Å². The van der Waals surface area contributed by atoms with E-state index < -0.39 is 0 Å². The normalized spacial score (nSPS) is 11.3. The highest BCUT2D eigenvalue weighted by Gasteiger charge is 1.95. The Balaban J connectivity index is 3.00. The number of hydrogen-bond donors (Lipinski definition) is 1. The van der Waals surface area contributed by atoms with Crippen LogP contribution in [0.15, 0.2) is 12.7 Å². The summed E-state index contributed by atoms with van der Waals surface area (Å²) in [5.41, 5.74) is 0. The fourth-order valence-electron chi connectivity index (χ4n) is 2.32. The fraction of sp³-hybridized carbons (Fsp3) is 0.917. The Kier molecular flexibility index (Phi) is 32.6. The van der Waals surface area contributed by atoms with Crippen molar-refractivity contribution in [1.82, 2.24) is 5.32 Å². The van der Waals surface area contributed by atoms with Gasteiger partial charge in [0.15, 0.2) is 0 Å². The van der Waals surface area contributed by atoms with E-state index in [1.807, 2.05) is 7.05 Å². The van der Waals surface area contributed by atoms with E-state index in [9.17, 15) is 0 Å². The molecule has 0 fully saturated rings. The summed E-state index contributed by atoms with van der Waals surface area (Å²) in [4.78, 5) is 0. The zero-order valence-electron chi connectivity index (χ0n) is 21.7. The molecule has 0 saturated heterocycles. The van der Waals surface area contributed by atoms with Crippen LogP contribution in [0.1, 0.15) is 0 Å². The van der Waals surface area contributed by atoms with E-state index in [4.69, 9.17) is 47.4 Å². The predicted octanol–water partition coefficient (Wildman–Crippen LogP) is 0.558. The predicted molar refractivity (Wildman–Crippen MR) is 132 cm³/mol. The molecule has 0 bridgehead atoms. The van der Waals surface area contributed by atoms with Crippen molar-refractivity contribution in [3.63, 3.8) is 0 Å². The van der Waals surface area contributed by atoms with Crippen LogP contribution in [0.5, 0.6) is 0 Å².